The van der Waals surface area contributed by atoms with Gasteiger partial charge in [-0.1, -0.05) is 50.8 Å². The topological polar surface area (TPSA) is 140 Å². The van der Waals surface area contributed by atoms with Gasteiger partial charge in [-0.3, -0.25) is 9.69 Å². The molecule has 46 heavy (non-hydrogen) atoms. The summed E-state index contributed by atoms with van der Waals surface area (Å²) in [6.45, 7) is 3.98. The third-order valence-corrected chi connectivity index (χ3v) is 8.24. The summed E-state index contributed by atoms with van der Waals surface area (Å²) in [4.78, 5) is 27.7. The van der Waals surface area contributed by atoms with Gasteiger partial charge >= 0.3 is 0 Å². The van der Waals surface area contributed by atoms with E-state index in [2.05, 4.69) is 40.5 Å². The van der Waals surface area contributed by atoms with Crippen LogP contribution in [0.4, 0.5) is 20.3 Å². The zero-order valence-electron chi connectivity index (χ0n) is 25.9. The number of benzene rings is 1. The van der Waals surface area contributed by atoms with Crippen LogP contribution in [-0.2, 0) is 17.8 Å². The standard InChI is InChI=1S/C30H32ClN7O2.C3H5F2N/c1-18(2)10-24-22(12-32)29(23(13-33)30(37-24)36-21-6-4-3-5-7-21)19-8-9-25-26(11-19)40-17-28(39)38(25)16-27-34-14-20(31)15-35-27;4-3(5)1-6-2-3/h8-9,11,13-15,18,21,33H,3-7,10,16-17H2,1-2H3,(H,36,37);6H,1-2H2. The molecule has 3 aliphatic rings. The minimum atomic E-state index is -2.39. The number of nitrogens with zero attached hydrogens (tertiary/aromatic N) is 5. The molecule has 0 unspecified atom stereocenters. The number of nitrogens with one attached hydrogen (secondary N) is 3. The first-order chi connectivity index (χ1) is 22.1. The average Bonchev–Trinajstić information content (AvgIpc) is 3.03. The van der Waals surface area contributed by atoms with Crippen molar-refractivity contribution in [1.29, 1.82) is 10.7 Å². The second kappa shape index (κ2) is 14.5. The van der Waals surface area contributed by atoms with Crippen molar-refractivity contribution in [3.63, 3.8) is 0 Å². The van der Waals surface area contributed by atoms with E-state index in [0.717, 1.165) is 31.2 Å². The van der Waals surface area contributed by atoms with Crippen LogP contribution in [0.3, 0.4) is 0 Å². The number of fused-ring (bicyclic) bond motifs is 1. The van der Waals surface area contributed by atoms with Crippen molar-refractivity contribution in [3.8, 4) is 22.9 Å². The summed E-state index contributed by atoms with van der Waals surface area (Å²) >= 11 is 5.92. The van der Waals surface area contributed by atoms with Gasteiger partial charge in [-0.2, -0.15) is 5.26 Å². The summed E-state index contributed by atoms with van der Waals surface area (Å²) in [5.41, 5.74) is 3.71. The van der Waals surface area contributed by atoms with Crippen LogP contribution in [0.25, 0.3) is 11.1 Å². The Morgan fingerprint density at radius 3 is 2.52 bits per heavy atom. The van der Waals surface area contributed by atoms with Gasteiger partial charge in [0, 0.05) is 35.8 Å². The lowest BCUT2D eigenvalue weighted by Gasteiger charge is -2.29. The molecule has 6 rings (SSSR count). The summed E-state index contributed by atoms with van der Waals surface area (Å²) in [5.74, 6) is -0.698. The first kappa shape index (κ1) is 33.2. The van der Waals surface area contributed by atoms with E-state index in [4.69, 9.17) is 26.7 Å². The minimum Gasteiger partial charge on any atom is -0.482 e. The number of alkyl halides is 2. The van der Waals surface area contributed by atoms with Gasteiger partial charge in [-0.05, 0) is 42.9 Å². The zero-order chi connectivity index (χ0) is 32.8. The second-order valence-electron chi connectivity index (χ2n) is 12.1. The maximum Gasteiger partial charge on any atom is 0.272 e. The number of halogens is 3. The quantitative estimate of drug-likeness (QED) is 0.247. The van der Waals surface area contributed by atoms with Crippen LogP contribution in [0, 0.1) is 22.7 Å². The molecule has 2 fully saturated rings. The molecule has 242 valence electrons. The largest absolute Gasteiger partial charge is 0.482 e. The molecule has 1 saturated carbocycles. The molecule has 3 aromatic rings. The number of carbonyl (C=O) groups excluding carboxylic acids is 1. The van der Waals surface area contributed by atoms with E-state index in [1.807, 2.05) is 18.2 Å². The number of hydrogen-bond acceptors (Lipinski definition) is 9. The van der Waals surface area contributed by atoms with Crippen LogP contribution >= 0.6 is 11.6 Å². The molecule has 2 aromatic heterocycles. The predicted octanol–water partition coefficient (Wildman–Crippen LogP) is 6.15. The van der Waals surface area contributed by atoms with Gasteiger partial charge in [0.1, 0.15) is 23.5 Å². The molecular weight excluding hydrogens is 614 g/mol. The molecule has 13 heteroatoms. The van der Waals surface area contributed by atoms with Crippen LogP contribution in [-0.4, -0.2) is 58.7 Å². The fourth-order valence-corrected chi connectivity index (χ4v) is 5.80. The smallest absolute Gasteiger partial charge is 0.272 e. The van der Waals surface area contributed by atoms with Gasteiger partial charge in [0.05, 0.1) is 41.6 Å². The van der Waals surface area contributed by atoms with Crippen molar-refractivity contribution >= 4 is 35.2 Å². The van der Waals surface area contributed by atoms with Gasteiger partial charge < -0.3 is 20.8 Å². The fourth-order valence-electron chi connectivity index (χ4n) is 5.70. The molecule has 1 saturated heterocycles. The number of carbonyl (C=O) groups is 1. The van der Waals surface area contributed by atoms with E-state index >= 15 is 0 Å². The number of pyridine rings is 1. The van der Waals surface area contributed by atoms with Crippen molar-refractivity contribution in [2.24, 2.45) is 5.92 Å². The van der Waals surface area contributed by atoms with E-state index in [-0.39, 0.29) is 38.2 Å². The van der Waals surface area contributed by atoms with Gasteiger partial charge in [-0.25, -0.2) is 23.7 Å². The molecule has 1 amide bonds. The van der Waals surface area contributed by atoms with Crippen molar-refractivity contribution in [3.05, 3.63) is 58.3 Å². The number of aromatic nitrogens is 3. The van der Waals surface area contributed by atoms with Crippen molar-refractivity contribution in [1.82, 2.24) is 20.3 Å². The van der Waals surface area contributed by atoms with E-state index in [1.54, 1.807) is 4.90 Å². The maximum absolute atomic E-state index is 12.8. The number of rotatable bonds is 8. The lowest BCUT2D eigenvalue weighted by Crippen LogP contribution is -2.52. The van der Waals surface area contributed by atoms with E-state index in [0.29, 0.717) is 62.8 Å². The minimum absolute atomic E-state index is 0.129. The monoisotopic (exact) mass is 650 g/mol. The highest BCUT2D eigenvalue weighted by Crippen LogP contribution is 2.40. The zero-order valence-corrected chi connectivity index (χ0v) is 26.6. The molecule has 2 aliphatic heterocycles. The van der Waals surface area contributed by atoms with E-state index in [9.17, 15) is 18.8 Å². The summed E-state index contributed by atoms with van der Waals surface area (Å²) in [6.07, 6.45) is 10.6. The Bertz CT molecular complexity index is 1620. The number of hydrogen-bond donors (Lipinski definition) is 3. The number of nitriles is 1. The third-order valence-electron chi connectivity index (χ3n) is 8.05. The first-order valence-corrected chi connectivity index (χ1v) is 15.8. The highest BCUT2D eigenvalue weighted by Gasteiger charge is 2.36. The summed E-state index contributed by atoms with van der Waals surface area (Å²) in [6, 6.07) is 8.18. The summed E-state index contributed by atoms with van der Waals surface area (Å²) in [5, 5.41) is 25.1. The Balaban J connectivity index is 0.000000624. The first-order valence-electron chi connectivity index (χ1n) is 15.4. The third kappa shape index (κ3) is 7.77. The molecular formula is C33H37ClF2N8O2. The Kier molecular flexibility index (Phi) is 10.4. The van der Waals surface area contributed by atoms with Gasteiger partial charge in [0.15, 0.2) is 6.61 Å². The van der Waals surface area contributed by atoms with Crippen LogP contribution in [0.2, 0.25) is 5.02 Å². The maximum atomic E-state index is 12.8. The van der Waals surface area contributed by atoms with Crippen molar-refractivity contribution < 1.29 is 18.3 Å². The lowest BCUT2D eigenvalue weighted by molar-refractivity contribution is -0.121. The Labute approximate surface area is 272 Å². The normalized spacial score (nSPS) is 17.2. The molecule has 10 nitrogen and oxygen atoms in total. The van der Waals surface area contributed by atoms with E-state index < -0.39 is 5.92 Å². The van der Waals surface area contributed by atoms with Crippen LogP contribution in [0.5, 0.6) is 5.75 Å². The molecule has 0 atom stereocenters. The summed E-state index contributed by atoms with van der Waals surface area (Å²) < 4.78 is 28.8. The average molecular weight is 651 g/mol. The van der Waals surface area contributed by atoms with E-state index in [1.165, 1.54) is 25.0 Å². The number of amides is 1. The Morgan fingerprint density at radius 1 is 1.24 bits per heavy atom. The van der Waals surface area contributed by atoms with Crippen LogP contribution in [0.1, 0.15) is 68.6 Å². The van der Waals surface area contributed by atoms with Crippen molar-refractivity contribution in [2.45, 2.75) is 70.9 Å². The Morgan fingerprint density at radius 2 is 1.93 bits per heavy atom. The van der Waals surface area contributed by atoms with Crippen molar-refractivity contribution in [2.75, 3.05) is 29.9 Å². The highest BCUT2D eigenvalue weighted by atomic mass is 35.5. The fraction of sp³-hybridized carbons (Fsp3) is 0.455. The molecule has 0 spiro atoms. The molecule has 1 aromatic carbocycles. The molecule has 1 aliphatic carbocycles. The molecule has 0 radical (unpaired) electrons. The number of anilines is 2. The highest BCUT2D eigenvalue weighted by molar-refractivity contribution is 6.30. The Hall–Kier alpha value is -4.21. The van der Waals surface area contributed by atoms with Gasteiger partial charge in [0.25, 0.3) is 11.8 Å². The second-order valence-corrected chi connectivity index (χ2v) is 12.6. The van der Waals surface area contributed by atoms with Crippen LogP contribution in [0.15, 0.2) is 30.6 Å². The van der Waals surface area contributed by atoms with Gasteiger partial charge in [0.2, 0.25) is 0 Å². The molecule has 3 N–H and O–H groups in total. The molecule has 4 heterocycles. The molecule has 0 bridgehead atoms. The van der Waals surface area contributed by atoms with Gasteiger partial charge in [-0.15, -0.1) is 0 Å². The number of ether oxygens (including phenoxy) is 1. The lowest BCUT2D eigenvalue weighted by atomic mass is 9.90. The SMILES string of the molecule is CC(C)Cc1nc(NC2CCCCC2)c(C=N)c(-c2ccc3c(c2)OCC(=O)N3Cc2ncc(Cl)cn2)c1C#N.FC1(F)CNC1. The van der Waals surface area contributed by atoms with Crippen LogP contribution < -0.4 is 20.3 Å². The summed E-state index contributed by atoms with van der Waals surface area (Å²) in [7, 11) is 0. The predicted molar refractivity (Wildman–Crippen MR) is 173 cm³/mol.